The zero-order valence-corrected chi connectivity index (χ0v) is 16.3. The van der Waals surface area contributed by atoms with E-state index in [1.807, 2.05) is 61.4 Å². The van der Waals surface area contributed by atoms with Crippen LogP contribution in [-0.4, -0.2) is 30.2 Å². The lowest BCUT2D eigenvalue weighted by molar-refractivity contribution is -0.114. The Labute approximate surface area is 163 Å². The van der Waals surface area contributed by atoms with E-state index in [2.05, 4.69) is 26.9 Å². The predicted molar refractivity (Wildman–Crippen MR) is 109 cm³/mol. The van der Waals surface area contributed by atoms with E-state index >= 15 is 0 Å². The number of benzene rings is 1. The normalized spacial score (nSPS) is 12.3. The second kappa shape index (κ2) is 6.92. The molecule has 3 aromatic heterocycles. The van der Waals surface area contributed by atoms with Crippen molar-refractivity contribution in [2.45, 2.75) is 26.8 Å². The Balaban J connectivity index is 1.72. The smallest absolute Gasteiger partial charge is 0.221 e. The van der Waals surface area contributed by atoms with Crippen molar-refractivity contribution in [3.8, 4) is 11.5 Å². The molecular formula is C21H22N6O. The van der Waals surface area contributed by atoms with Crippen molar-refractivity contribution >= 4 is 22.5 Å². The topological polar surface area (TPSA) is 77.6 Å². The Bertz CT molecular complexity index is 1170. The van der Waals surface area contributed by atoms with Crippen molar-refractivity contribution in [2.75, 3.05) is 5.32 Å². The molecule has 0 saturated carbocycles. The van der Waals surface area contributed by atoms with Gasteiger partial charge in [-0.1, -0.05) is 6.07 Å². The standard InChI is InChI=1S/C21H22N6O/c1-13-18(12-26(4)25-13)14(2)27-10-9-22-21(27)20-7-5-16-11-17(23-15(3)28)6-8-19(16)24-20/h5-12,14H,1-4H3,(H,23,28)/t14-/m1/s1. The quantitative estimate of drug-likeness (QED) is 0.591. The minimum atomic E-state index is -0.0920. The lowest BCUT2D eigenvalue weighted by atomic mass is 10.1. The van der Waals surface area contributed by atoms with Crippen molar-refractivity contribution in [1.82, 2.24) is 24.3 Å². The van der Waals surface area contributed by atoms with Crippen molar-refractivity contribution in [3.05, 3.63) is 60.2 Å². The van der Waals surface area contributed by atoms with Gasteiger partial charge in [-0.15, -0.1) is 0 Å². The van der Waals surface area contributed by atoms with Crippen LogP contribution < -0.4 is 5.32 Å². The minimum Gasteiger partial charge on any atom is -0.326 e. The van der Waals surface area contributed by atoms with Crippen LogP contribution in [0.15, 0.2) is 48.9 Å². The molecule has 0 aliphatic carbocycles. The van der Waals surface area contributed by atoms with Crippen molar-refractivity contribution < 1.29 is 4.79 Å². The molecule has 142 valence electrons. The number of imidazole rings is 1. The van der Waals surface area contributed by atoms with Gasteiger partial charge < -0.3 is 9.88 Å². The fraction of sp³-hybridized carbons (Fsp3) is 0.238. The van der Waals surface area contributed by atoms with Crippen LogP contribution in [0.2, 0.25) is 0 Å². The van der Waals surface area contributed by atoms with Gasteiger partial charge in [-0.3, -0.25) is 9.48 Å². The first kappa shape index (κ1) is 17.9. The number of fused-ring (bicyclic) bond motifs is 1. The monoisotopic (exact) mass is 374 g/mol. The summed E-state index contributed by atoms with van der Waals surface area (Å²) in [5.41, 5.74) is 4.58. The van der Waals surface area contributed by atoms with E-state index in [-0.39, 0.29) is 11.9 Å². The molecule has 0 bridgehead atoms. The van der Waals surface area contributed by atoms with Crippen LogP contribution in [-0.2, 0) is 11.8 Å². The first-order valence-corrected chi connectivity index (χ1v) is 9.14. The molecule has 1 amide bonds. The first-order chi connectivity index (χ1) is 13.4. The predicted octanol–water partition coefficient (Wildman–Crippen LogP) is 3.71. The molecule has 1 aromatic carbocycles. The number of aryl methyl sites for hydroxylation is 2. The third-order valence-electron chi connectivity index (χ3n) is 4.83. The average Bonchev–Trinajstić information content (AvgIpc) is 3.26. The van der Waals surface area contributed by atoms with E-state index in [9.17, 15) is 4.79 Å². The number of pyridine rings is 1. The van der Waals surface area contributed by atoms with Crippen LogP contribution in [0.4, 0.5) is 5.69 Å². The number of hydrogen-bond donors (Lipinski definition) is 1. The molecule has 1 N–H and O–H groups in total. The summed E-state index contributed by atoms with van der Waals surface area (Å²) in [5.74, 6) is 0.717. The summed E-state index contributed by atoms with van der Waals surface area (Å²) >= 11 is 0. The molecule has 0 saturated heterocycles. The zero-order valence-electron chi connectivity index (χ0n) is 16.3. The Morgan fingerprint density at radius 2 is 2.04 bits per heavy atom. The molecule has 4 rings (SSSR count). The highest BCUT2D eigenvalue weighted by molar-refractivity contribution is 5.92. The van der Waals surface area contributed by atoms with E-state index in [0.717, 1.165) is 39.4 Å². The molecule has 3 heterocycles. The second-order valence-corrected chi connectivity index (χ2v) is 6.96. The molecule has 0 fully saturated rings. The highest BCUT2D eigenvalue weighted by Crippen LogP contribution is 2.27. The second-order valence-electron chi connectivity index (χ2n) is 6.96. The van der Waals surface area contributed by atoms with Gasteiger partial charge in [0.15, 0.2) is 5.82 Å². The van der Waals surface area contributed by atoms with Gasteiger partial charge >= 0.3 is 0 Å². The summed E-state index contributed by atoms with van der Waals surface area (Å²) in [7, 11) is 1.93. The van der Waals surface area contributed by atoms with Gasteiger partial charge in [0.25, 0.3) is 0 Å². The highest BCUT2D eigenvalue weighted by Gasteiger charge is 2.18. The number of carbonyl (C=O) groups excluding carboxylic acids is 1. The van der Waals surface area contributed by atoms with Crippen molar-refractivity contribution in [1.29, 1.82) is 0 Å². The molecule has 1 atom stereocenters. The fourth-order valence-corrected chi connectivity index (χ4v) is 3.53. The largest absolute Gasteiger partial charge is 0.326 e. The van der Waals surface area contributed by atoms with Crippen LogP contribution in [0.3, 0.4) is 0 Å². The number of nitrogens with one attached hydrogen (secondary N) is 1. The van der Waals surface area contributed by atoms with Gasteiger partial charge in [0.1, 0.15) is 5.69 Å². The van der Waals surface area contributed by atoms with E-state index in [0.29, 0.717) is 0 Å². The maximum Gasteiger partial charge on any atom is 0.221 e. The molecule has 0 spiro atoms. The summed E-state index contributed by atoms with van der Waals surface area (Å²) in [6.45, 7) is 5.65. The minimum absolute atomic E-state index is 0.0887. The van der Waals surface area contributed by atoms with Crippen molar-refractivity contribution in [2.24, 2.45) is 7.05 Å². The number of anilines is 1. The lowest BCUT2D eigenvalue weighted by Crippen LogP contribution is -2.09. The first-order valence-electron chi connectivity index (χ1n) is 9.14. The van der Waals surface area contributed by atoms with Crippen LogP contribution in [0.1, 0.15) is 31.1 Å². The van der Waals surface area contributed by atoms with E-state index in [1.54, 1.807) is 6.20 Å². The van der Waals surface area contributed by atoms with E-state index in [1.165, 1.54) is 6.92 Å². The van der Waals surface area contributed by atoms with Crippen LogP contribution in [0, 0.1) is 6.92 Å². The molecule has 4 aromatic rings. The molecule has 0 unspecified atom stereocenters. The van der Waals surface area contributed by atoms with Gasteiger partial charge in [-0.05, 0) is 38.1 Å². The van der Waals surface area contributed by atoms with Gasteiger partial charge in [-0.25, -0.2) is 9.97 Å². The van der Waals surface area contributed by atoms with Gasteiger partial charge in [0, 0.05) is 49.2 Å². The SMILES string of the molecule is CC(=O)Nc1ccc2nc(-c3nccn3[C@H](C)c3cn(C)nc3C)ccc2c1. The number of aromatic nitrogens is 5. The summed E-state index contributed by atoms with van der Waals surface area (Å²) in [6, 6.07) is 9.73. The number of amides is 1. The van der Waals surface area contributed by atoms with E-state index < -0.39 is 0 Å². The van der Waals surface area contributed by atoms with Crippen LogP contribution in [0.25, 0.3) is 22.4 Å². The Morgan fingerprint density at radius 3 is 2.75 bits per heavy atom. The molecule has 7 nitrogen and oxygen atoms in total. The van der Waals surface area contributed by atoms with Gasteiger partial charge in [0.05, 0.1) is 17.3 Å². The average molecular weight is 374 g/mol. The Hall–Kier alpha value is -3.48. The maximum atomic E-state index is 11.3. The van der Waals surface area contributed by atoms with Crippen LogP contribution >= 0.6 is 0 Å². The molecule has 0 aliphatic rings. The number of hydrogen-bond acceptors (Lipinski definition) is 4. The number of carbonyl (C=O) groups is 1. The molecular weight excluding hydrogens is 352 g/mol. The van der Waals surface area contributed by atoms with E-state index in [4.69, 9.17) is 4.98 Å². The summed E-state index contributed by atoms with van der Waals surface area (Å²) in [6.07, 6.45) is 5.81. The maximum absolute atomic E-state index is 11.3. The highest BCUT2D eigenvalue weighted by atomic mass is 16.1. The third kappa shape index (κ3) is 3.26. The zero-order chi connectivity index (χ0) is 19.8. The Morgan fingerprint density at radius 1 is 1.21 bits per heavy atom. The van der Waals surface area contributed by atoms with Crippen molar-refractivity contribution in [3.63, 3.8) is 0 Å². The molecule has 7 heteroatoms. The van der Waals surface area contributed by atoms with Gasteiger partial charge in [-0.2, -0.15) is 5.10 Å². The summed E-state index contributed by atoms with van der Waals surface area (Å²) < 4.78 is 3.95. The molecule has 0 aliphatic heterocycles. The number of nitrogens with zero attached hydrogens (tertiary/aromatic N) is 5. The summed E-state index contributed by atoms with van der Waals surface area (Å²) in [5, 5.41) is 8.21. The van der Waals surface area contributed by atoms with Crippen LogP contribution in [0.5, 0.6) is 0 Å². The fourth-order valence-electron chi connectivity index (χ4n) is 3.53. The third-order valence-corrected chi connectivity index (χ3v) is 4.83. The molecule has 28 heavy (non-hydrogen) atoms. The number of rotatable bonds is 4. The summed E-state index contributed by atoms with van der Waals surface area (Å²) in [4.78, 5) is 20.6. The Kier molecular flexibility index (Phi) is 4.43. The van der Waals surface area contributed by atoms with Gasteiger partial charge in [0.2, 0.25) is 5.91 Å². The molecule has 0 radical (unpaired) electrons. The lowest BCUT2D eigenvalue weighted by Gasteiger charge is -2.16.